The summed E-state index contributed by atoms with van der Waals surface area (Å²) < 4.78 is 5.26. The molecule has 0 bridgehead atoms. The highest BCUT2D eigenvalue weighted by molar-refractivity contribution is 5.77. The van der Waals surface area contributed by atoms with Gasteiger partial charge in [-0.1, -0.05) is 19.1 Å². The van der Waals surface area contributed by atoms with Crippen molar-refractivity contribution in [2.45, 2.75) is 13.5 Å². The zero-order valence-corrected chi connectivity index (χ0v) is 11.9. The molecule has 0 aliphatic carbocycles. The van der Waals surface area contributed by atoms with E-state index in [0.717, 1.165) is 12.1 Å². The first kappa shape index (κ1) is 16.6. The number of rotatable bonds is 9. The molecule has 1 amide bonds. The van der Waals surface area contributed by atoms with Gasteiger partial charge in [-0.2, -0.15) is 0 Å². The van der Waals surface area contributed by atoms with Crippen LogP contribution in [0, 0.1) is 10.1 Å². The second kappa shape index (κ2) is 8.70. The quantitative estimate of drug-likeness (QED) is 0.407. The van der Waals surface area contributed by atoms with Crippen molar-refractivity contribution in [1.82, 2.24) is 10.6 Å². The fourth-order valence-corrected chi connectivity index (χ4v) is 1.58. The Labute approximate surface area is 123 Å². The molecule has 114 valence electrons. The number of ether oxygens (including phenoxy) is 1. The predicted octanol–water partition coefficient (Wildman–Crippen LogP) is 1.39. The molecule has 0 aliphatic rings. The van der Waals surface area contributed by atoms with Gasteiger partial charge in [0.25, 0.3) is 5.91 Å². The van der Waals surface area contributed by atoms with Crippen LogP contribution in [0.2, 0.25) is 0 Å². The number of nitrogens with one attached hydrogen (secondary N) is 2. The summed E-state index contributed by atoms with van der Waals surface area (Å²) in [5.41, 5.74) is 0.690. The number of nitro benzene ring substituents is 1. The van der Waals surface area contributed by atoms with Crippen molar-refractivity contribution in [3.05, 3.63) is 46.5 Å². The molecule has 7 heteroatoms. The highest BCUT2D eigenvalue weighted by Gasteiger charge is 2.16. The molecule has 0 spiro atoms. The van der Waals surface area contributed by atoms with E-state index in [9.17, 15) is 14.9 Å². The molecule has 0 atom stereocenters. The molecule has 21 heavy (non-hydrogen) atoms. The molecule has 0 heterocycles. The Balaban J connectivity index is 2.78. The van der Waals surface area contributed by atoms with Gasteiger partial charge < -0.3 is 15.4 Å². The van der Waals surface area contributed by atoms with Crippen molar-refractivity contribution < 1.29 is 14.5 Å². The molecule has 0 aromatic heterocycles. The van der Waals surface area contributed by atoms with Crippen LogP contribution in [0.5, 0.6) is 5.75 Å². The molecule has 1 rings (SSSR count). The number of carbonyl (C=O) groups excluding carboxylic acids is 1. The first-order valence-corrected chi connectivity index (χ1v) is 6.57. The van der Waals surface area contributed by atoms with Gasteiger partial charge in [-0.3, -0.25) is 14.9 Å². The number of nitro groups is 1. The lowest BCUT2D eigenvalue weighted by atomic mass is 10.2. The van der Waals surface area contributed by atoms with Gasteiger partial charge in [-0.15, -0.1) is 6.58 Å². The van der Waals surface area contributed by atoms with Crippen molar-refractivity contribution >= 4 is 11.6 Å². The molecule has 0 saturated carbocycles. The summed E-state index contributed by atoms with van der Waals surface area (Å²) in [5, 5.41) is 16.6. The van der Waals surface area contributed by atoms with Gasteiger partial charge in [0, 0.05) is 19.2 Å². The summed E-state index contributed by atoms with van der Waals surface area (Å²) in [7, 11) is 0. The van der Waals surface area contributed by atoms with E-state index in [1.165, 1.54) is 12.1 Å². The average molecular weight is 293 g/mol. The molecule has 7 nitrogen and oxygen atoms in total. The third-order valence-electron chi connectivity index (χ3n) is 2.60. The van der Waals surface area contributed by atoms with Crippen LogP contribution in [-0.2, 0) is 11.3 Å². The maximum atomic E-state index is 11.4. The average Bonchev–Trinajstić information content (AvgIpc) is 2.48. The monoisotopic (exact) mass is 293 g/mol. The molecule has 0 fully saturated rings. The first-order valence-electron chi connectivity index (χ1n) is 6.57. The topological polar surface area (TPSA) is 93.5 Å². The van der Waals surface area contributed by atoms with E-state index >= 15 is 0 Å². The molecular weight excluding hydrogens is 274 g/mol. The molecule has 0 aliphatic heterocycles. The Morgan fingerprint density at radius 1 is 1.52 bits per heavy atom. The van der Waals surface area contributed by atoms with Crippen LogP contribution in [0.1, 0.15) is 12.5 Å². The van der Waals surface area contributed by atoms with E-state index < -0.39 is 4.92 Å². The van der Waals surface area contributed by atoms with Gasteiger partial charge in [0.05, 0.1) is 4.92 Å². The summed E-state index contributed by atoms with van der Waals surface area (Å²) in [4.78, 5) is 21.9. The highest BCUT2D eigenvalue weighted by atomic mass is 16.6. The van der Waals surface area contributed by atoms with E-state index in [4.69, 9.17) is 4.74 Å². The fraction of sp³-hybridized carbons (Fsp3) is 0.357. The van der Waals surface area contributed by atoms with Crippen molar-refractivity contribution in [3.8, 4) is 5.75 Å². The maximum Gasteiger partial charge on any atom is 0.310 e. The number of carbonyl (C=O) groups is 1. The van der Waals surface area contributed by atoms with Gasteiger partial charge >= 0.3 is 5.69 Å². The summed E-state index contributed by atoms with van der Waals surface area (Å²) in [6.45, 7) is 6.85. The van der Waals surface area contributed by atoms with Gasteiger partial charge in [-0.25, -0.2) is 0 Å². The molecule has 1 aromatic carbocycles. The van der Waals surface area contributed by atoms with Gasteiger partial charge in [0.15, 0.2) is 12.4 Å². The van der Waals surface area contributed by atoms with Gasteiger partial charge in [0.1, 0.15) is 0 Å². The van der Waals surface area contributed by atoms with Crippen LogP contribution in [-0.4, -0.2) is 30.5 Å². The fourth-order valence-electron chi connectivity index (χ4n) is 1.58. The Kier molecular flexibility index (Phi) is 6.90. The third kappa shape index (κ3) is 5.62. The lowest BCUT2D eigenvalue weighted by Crippen LogP contribution is -2.28. The summed E-state index contributed by atoms with van der Waals surface area (Å²) >= 11 is 0. The summed E-state index contributed by atoms with van der Waals surface area (Å²) in [5.74, 6) is -0.273. The van der Waals surface area contributed by atoms with Crippen LogP contribution in [0.4, 0.5) is 5.69 Å². The van der Waals surface area contributed by atoms with Gasteiger partial charge in [-0.05, 0) is 18.2 Å². The lowest BCUT2D eigenvalue weighted by Gasteiger charge is -2.09. The van der Waals surface area contributed by atoms with Crippen LogP contribution >= 0.6 is 0 Å². The minimum Gasteiger partial charge on any atom is -0.477 e. The second-order valence-electron chi connectivity index (χ2n) is 4.22. The van der Waals surface area contributed by atoms with Crippen molar-refractivity contribution in [3.63, 3.8) is 0 Å². The molecular formula is C14H19N3O4. The predicted molar refractivity (Wildman–Crippen MR) is 79.2 cm³/mol. The lowest BCUT2D eigenvalue weighted by molar-refractivity contribution is -0.385. The summed E-state index contributed by atoms with van der Waals surface area (Å²) in [6, 6.07) is 4.61. The largest absolute Gasteiger partial charge is 0.477 e. The van der Waals surface area contributed by atoms with E-state index in [2.05, 4.69) is 17.2 Å². The maximum absolute atomic E-state index is 11.4. The Hall–Kier alpha value is -2.41. The van der Waals surface area contributed by atoms with Crippen molar-refractivity contribution in [2.24, 2.45) is 0 Å². The van der Waals surface area contributed by atoms with Crippen LogP contribution < -0.4 is 15.4 Å². The highest BCUT2D eigenvalue weighted by Crippen LogP contribution is 2.27. The van der Waals surface area contributed by atoms with E-state index in [-0.39, 0.29) is 24.0 Å². The van der Waals surface area contributed by atoms with E-state index in [0.29, 0.717) is 13.1 Å². The van der Waals surface area contributed by atoms with Crippen LogP contribution in [0.3, 0.4) is 0 Å². The number of amides is 1. The standard InChI is InChI=1S/C14H19N3O4/c1-3-7-16-14(18)10-21-13-8-11(9-15-4-2)5-6-12(13)17(19)20/h3,5-6,8,15H,1,4,7,9-10H2,2H3,(H,16,18). The Bertz CT molecular complexity index is 517. The van der Waals surface area contributed by atoms with Gasteiger partial charge in [0.2, 0.25) is 0 Å². The Morgan fingerprint density at radius 2 is 2.29 bits per heavy atom. The number of benzene rings is 1. The molecule has 1 aromatic rings. The first-order chi connectivity index (χ1) is 10.1. The third-order valence-corrected chi connectivity index (χ3v) is 2.60. The molecule has 0 saturated heterocycles. The van der Waals surface area contributed by atoms with Crippen LogP contribution in [0.25, 0.3) is 0 Å². The zero-order valence-electron chi connectivity index (χ0n) is 11.9. The van der Waals surface area contributed by atoms with E-state index in [1.807, 2.05) is 6.92 Å². The smallest absolute Gasteiger partial charge is 0.310 e. The number of hydrogen-bond acceptors (Lipinski definition) is 5. The van der Waals surface area contributed by atoms with E-state index in [1.54, 1.807) is 12.1 Å². The molecule has 2 N–H and O–H groups in total. The number of hydrogen-bond donors (Lipinski definition) is 2. The minimum atomic E-state index is -0.534. The van der Waals surface area contributed by atoms with Crippen LogP contribution in [0.15, 0.2) is 30.9 Å². The zero-order chi connectivity index (χ0) is 15.7. The molecule has 0 radical (unpaired) electrons. The Morgan fingerprint density at radius 3 is 2.90 bits per heavy atom. The second-order valence-corrected chi connectivity index (χ2v) is 4.22. The number of nitrogens with zero attached hydrogens (tertiary/aromatic N) is 1. The normalized spacial score (nSPS) is 9.95. The minimum absolute atomic E-state index is 0.0872. The SMILES string of the molecule is C=CCNC(=O)COc1cc(CNCC)ccc1[N+](=O)[O-]. The van der Waals surface area contributed by atoms with Crippen molar-refractivity contribution in [1.29, 1.82) is 0 Å². The van der Waals surface area contributed by atoms with Crippen molar-refractivity contribution in [2.75, 3.05) is 19.7 Å². The summed E-state index contributed by atoms with van der Waals surface area (Å²) in [6.07, 6.45) is 1.54. The molecule has 0 unspecified atom stereocenters.